The largest absolute Gasteiger partial charge is 0.508 e. The van der Waals surface area contributed by atoms with Gasteiger partial charge >= 0.3 is 0 Å². The molecule has 8 rings (SSSR count). The summed E-state index contributed by atoms with van der Waals surface area (Å²) in [7, 11) is 0. The van der Waals surface area contributed by atoms with E-state index in [1.807, 2.05) is 12.1 Å². The third-order valence-electron chi connectivity index (χ3n) is 9.72. The third-order valence-corrected chi connectivity index (χ3v) is 9.72. The molecule has 0 aliphatic heterocycles. The fraction of sp³-hybridized carbons (Fsp3) is 0.0667. The summed E-state index contributed by atoms with van der Waals surface area (Å²) in [6.45, 7) is 0. The van der Waals surface area contributed by atoms with Crippen LogP contribution in [-0.2, 0) is 18.3 Å². The Morgan fingerprint density at radius 2 is 0.851 bits per heavy atom. The molecule has 1 aliphatic carbocycles. The summed E-state index contributed by atoms with van der Waals surface area (Å²) in [5, 5.41) is 20.0. The Morgan fingerprint density at radius 1 is 0.383 bits per heavy atom. The van der Waals surface area contributed by atoms with Gasteiger partial charge in [0.1, 0.15) is 11.5 Å². The Hall–Kier alpha value is -5.86. The number of benzene rings is 7. The number of phenols is 2. The van der Waals surface area contributed by atoms with Gasteiger partial charge in [-0.15, -0.1) is 0 Å². The molecule has 0 aromatic heterocycles. The Bertz CT molecular complexity index is 2150. The van der Waals surface area contributed by atoms with E-state index in [9.17, 15) is 10.2 Å². The molecule has 0 amide bonds. The van der Waals surface area contributed by atoms with Crippen molar-refractivity contribution in [2.75, 3.05) is 0 Å². The molecule has 2 nitrogen and oxygen atoms in total. The van der Waals surface area contributed by atoms with Gasteiger partial charge in [-0.05, 0) is 104 Å². The molecule has 2 N–H and O–H groups in total. The van der Waals surface area contributed by atoms with Crippen molar-refractivity contribution in [3.63, 3.8) is 0 Å². The summed E-state index contributed by atoms with van der Waals surface area (Å²) in [4.78, 5) is 0. The standard InChI is InChI=1S/C45H34O2/c46-36-25-21-33(22-26-36)38-10-3-4-12-40(38)39-11-2-1-9-34(39)29-31-17-19-32(20-18-31)30-45(35-23-27-37(47)28-24-35)43-15-7-5-13-41(43)42-14-6-8-16-44(42)45/h1-28,46-47H,29-30H2. The van der Waals surface area contributed by atoms with Gasteiger partial charge in [-0.3, -0.25) is 0 Å². The zero-order valence-electron chi connectivity index (χ0n) is 26.0. The molecular weight excluding hydrogens is 572 g/mol. The molecule has 0 fully saturated rings. The van der Waals surface area contributed by atoms with E-state index in [2.05, 4.69) is 133 Å². The van der Waals surface area contributed by atoms with Gasteiger partial charge in [-0.2, -0.15) is 0 Å². The van der Waals surface area contributed by atoms with Crippen molar-refractivity contribution >= 4 is 0 Å². The zero-order valence-corrected chi connectivity index (χ0v) is 26.0. The van der Waals surface area contributed by atoms with Crippen molar-refractivity contribution in [1.29, 1.82) is 0 Å². The predicted octanol–water partition coefficient (Wildman–Crippen LogP) is 10.6. The molecule has 7 aromatic rings. The molecule has 0 saturated carbocycles. The Labute approximate surface area is 275 Å². The van der Waals surface area contributed by atoms with Crippen molar-refractivity contribution in [3.05, 3.63) is 203 Å². The van der Waals surface area contributed by atoms with Crippen LogP contribution in [0.15, 0.2) is 170 Å². The van der Waals surface area contributed by atoms with Gasteiger partial charge in [0, 0.05) is 0 Å². The first-order valence-electron chi connectivity index (χ1n) is 16.1. The lowest BCUT2D eigenvalue weighted by Crippen LogP contribution is -2.29. The molecule has 226 valence electrons. The maximum absolute atomic E-state index is 10.2. The van der Waals surface area contributed by atoms with Gasteiger partial charge in [0.2, 0.25) is 0 Å². The molecule has 0 atom stereocenters. The molecule has 0 saturated heterocycles. The van der Waals surface area contributed by atoms with Crippen molar-refractivity contribution in [3.8, 4) is 44.9 Å². The summed E-state index contributed by atoms with van der Waals surface area (Å²) in [6, 6.07) is 59.0. The van der Waals surface area contributed by atoms with E-state index in [4.69, 9.17) is 0 Å². The molecule has 0 heterocycles. The number of fused-ring (bicyclic) bond motifs is 3. The highest BCUT2D eigenvalue weighted by molar-refractivity contribution is 5.86. The Balaban J connectivity index is 1.15. The second-order valence-electron chi connectivity index (χ2n) is 12.5. The number of hydrogen-bond donors (Lipinski definition) is 2. The minimum absolute atomic E-state index is 0.269. The molecular formula is C45H34O2. The summed E-state index contributed by atoms with van der Waals surface area (Å²) < 4.78 is 0. The van der Waals surface area contributed by atoms with Gasteiger partial charge < -0.3 is 10.2 Å². The second-order valence-corrected chi connectivity index (χ2v) is 12.5. The average molecular weight is 607 g/mol. The molecule has 0 bridgehead atoms. The second kappa shape index (κ2) is 11.8. The number of phenolic OH excluding ortho intramolecular Hbond substituents is 2. The number of aromatic hydroxyl groups is 2. The number of hydrogen-bond acceptors (Lipinski definition) is 2. The van der Waals surface area contributed by atoms with E-state index >= 15 is 0 Å². The lowest BCUT2D eigenvalue weighted by atomic mass is 9.68. The van der Waals surface area contributed by atoms with Crippen LogP contribution in [0.2, 0.25) is 0 Å². The van der Waals surface area contributed by atoms with Crippen LogP contribution in [0.3, 0.4) is 0 Å². The topological polar surface area (TPSA) is 40.5 Å². The van der Waals surface area contributed by atoms with Crippen LogP contribution < -0.4 is 0 Å². The van der Waals surface area contributed by atoms with E-state index in [0.717, 1.165) is 24.0 Å². The van der Waals surface area contributed by atoms with Crippen LogP contribution in [-0.4, -0.2) is 10.2 Å². The first kappa shape index (κ1) is 28.6. The first-order chi connectivity index (χ1) is 23.1. The summed E-state index contributed by atoms with van der Waals surface area (Å²) in [5.41, 5.74) is 14.4. The van der Waals surface area contributed by atoms with E-state index in [1.54, 1.807) is 24.3 Å². The monoisotopic (exact) mass is 606 g/mol. The van der Waals surface area contributed by atoms with Crippen molar-refractivity contribution in [1.82, 2.24) is 0 Å². The zero-order chi connectivity index (χ0) is 31.8. The van der Waals surface area contributed by atoms with Crippen molar-refractivity contribution < 1.29 is 10.2 Å². The van der Waals surface area contributed by atoms with E-state index in [1.165, 1.54) is 55.6 Å². The van der Waals surface area contributed by atoms with Gasteiger partial charge in [-0.1, -0.05) is 146 Å². The quantitative estimate of drug-likeness (QED) is 0.190. The molecule has 1 aliphatic rings. The van der Waals surface area contributed by atoms with Gasteiger partial charge in [0.15, 0.2) is 0 Å². The Kier molecular flexibility index (Phi) is 7.19. The molecule has 0 spiro atoms. The molecule has 7 aromatic carbocycles. The Morgan fingerprint density at radius 3 is 1.47 bits per heavy atom. The minimum Gasteiger partial charge on any atom is -0.508 e. The normalized spacial score (nSPS) is 12.8. The molecule has 0 radical (unpaired) electrons. The first-order valence-corrected chi connectivity index (χ1v) is 16.1. The molecule has 47 heavy (non-hydrogen) atoms. The fourth-order valence-electron chi connectivity index (χ4n) is 7.52. The van der Waals surface area contributed by atoms with Crippen LogP contribution in [0.4, 0.5) is 0 Å². The van der Waals surface area contributed by atoms with Crippen molar-refractivity contribution in [2.24, 2.45) is 0 Å². The lowest BCUT2D eigenvalue weighted by Gasteiger charge is -2.33. The van der Waals surface area contributed by atoms with E-state index < -0.39 is 0 Å². The SMILES string of the molecule is Oc1ccc(-c2ccccc2-c2ccccc2Cc2ccc(CC3(c4ccc(O)cc4)c4ccccc4-c4ccccc43)cc2)cc1. The van der Waals surface area contributed by atoms with Gasteiger partial charge in [-0.25, -0.2) is 0 Å². The van der Waals surface area contributed by atoms with Crippen LogP contribution in [0.1, 0.15) is 33.4 Å². The van der Waals surface area contributed by atoms with Crippen LogP contribution in [0, 0.1) is 0 Å². The van der Waals surface area contributed by atoms with Crippen LogP contribution in [0.5, 0.6) is 11.5 Å². The highest BCUT2D eigenvalue weighted by Crippen LogP contribution is 2.54. The average Bonchev–Trinajstić information content (AvgIpc) is 3.40. The molecule has 2 heteroatoms. The number of rotatable bonds is 7. The highest BCUT2D eigenvalue weighted by atomic mass is 16.3. The van der Waals surface area contributed by atoms with Crippen molar-refractivity contribution in [2.45, 2.75) is 18.3 Å². The van der Waals surface area contributed by atoms with Crippen LogP contribution >= 0.6 is 0 Å². The maximum Gasteiger partial charge on any atom is 0.115 e. The smallest absolute Gasteiger partial charge is 0.115 e. The summed E-state index contributed by atoms with van der Waals surface area (Å²) in [5.74, 6) is 0.546. The third kappa shape index (κ3) is 5.09. The lowest BCUT2D eigenvalue weighted by molar-refractivity contribution is 0.474. The van der Waals surface area contributed by atoms with Gasteiger partial charge in [0.25, 0.3) is 0 Å². The minimum atomic E-state index is -0.368. The van der Waals surface area contributed by atoms with E-state index in [-0.39, 0.29) is 16.9 Å². The summed E-state index contributed by atoms with van der Waals surface area (Å²) in [6.07, 6.45) is 1.62. The van der Waals surface area contributed by atoms with Crippen LogP contribution in [0.25, 0.3) is 33.4 Å². The highest BCUT2D eigenvalue weighted by Gasteiger charge is 2.44. The maximum atomic E-state index is 10.2. The van der Waals surface area contributed by atoms with E-state index in [0.29, 0.717) is 0 Å². The molecule has 0 unspecified atom stereocenters. The summed E-state index contributed by atoms with van der Waals surface area (Å²) >= 11 is 0. The van der Waals surface area contributed by atoms with Gasteiger partial charge in [0.05, 0.1) is 5.41 Å². The fourth-order valence-corrected chi connectivity index (χ4v) is 7.52. The predicted molar refractivity (Wildman–Crippen MR) is 192 cm³/mol.